The molecule has 0 heterocycles. The van der Waals surface area contributed by atoms with Crippen molar-refractivity contribution < 1.29 is 5.11 Å². The molecule has 0 amide bonds. The topological polar surface area (TPSA) is 32.3 Å². The van der Waals surface area contributed by atoms with Crippen LogP contribution in [0.5, 0.6) is 0 Å². The number of aryl methyl sites for hydroxylation is 1. The third-order valence-electron chi connectivity index (χ3n) is 4.19. The Bertz CT molecular complexity index is 596. The summed E-state index contributed by atoms with van der Waals surface area (Å²) in [5.41, 5.74) is 4.00. The van der Waals surface area contributed by atoms with Crippen molar-refractivity contribution in [3.8, 4) is 0 Å². The first-order chi connectivity index (χ1) is 10.3. The van der Waals surface area contributed by atoms with Gasteiger partial charge in [-0.05, 0) is 48.1 Å². The maximum absolute atomic E-state index is 9.66. The van der Waals surface area contributed by atoms with E-state index in [0.717, 1.165) is 24.3 Å². The van der Waals surface area contributed by atoms with Crippen LogP contribution in [0.2, 0.25) is 5.02 Å². The average Bonchev–Trinajstić information content (AvgIpc) is 2.92. The number of rotatable bonds is 5. The standard InChI is InChI=1S/C18H20ClNO/c19-15-8-5-13(6-9-15)11-16(12-21)20-18-10-7-14-3-1-2-4-17(14)18/h1-6,8-9,16,18,20-21H,7,10-12H2. The zero-order valence-corrected chi connectivity index (χ0v) is 12.7. The minimum atomic E-state index is 0.0716. The number of fused-ring (bicyclic) bond motifs is 1. The van der Waals surface area contributed by atoms with Gasteiger partial charge < -0.3 is 10.4 Å². The normalized spacial score (nSPS) is 18.5. The van der Waals surface area contributed by atoms with Gasteiger partial charge in [-0.3, -0.25) is 0 Å². The molecule has 2 atom stereocenters. The second-order valence-corrected chi connectivity index (χ2v) is 6.10. The van der Waals surface area contributed by atoms with E-state index in [0.29, 0.717) is 6.04 Å². The predicted octanol–water partition coefficient (Wildman–Crippen LogP) is 3.52. The lowest BCUT2D eigenvalue weighted by molar-refractivity contribution is 0.230. The van der Waals surface area contributed by atoms with E-state index in [9.17, 15) is 5.11 Å². The van der Waals surface area contributed by atoms with Gasteiger partial charge in [-0.1, -0.05) is 48.0 Å². The molecule has 1 aliphatic rings. The monoisotopic (exact) mass is 301 g/mol. The van der Waals surface area contributed by atoms with Gasteiger partial charge in [0, 0.05) is 17.1 Å². The van der Waals surface area contributed by atoms with E-state index in [1.165, 1.54) is 16.7 Å². The van der Waals surface area contributed by atoms with Crippen molar-refractivity contribution in [1.29, 1.82) is 0 Å². The van der Waals surface area contributed by atoms with Gasteiger partial charge in [0.05, 0.1) is 6.61 Å². The Labute approximate surface area is 130 Å². The Morgan fingerprint density at radius 3 is 2.67 bits per heavy atom. The first kappa shape index (κ1) is 14.6. The van der Waals surface area contributed by atoms with E-state index in [2.05, 4.69) is 29.6 Å². The molecule has 1 aliphatic carbocycles. The number of aliphatic hydroxyl groups excluding tert-OH is 1. The number of benzene rings is 2. The zero-order valence-electron chi connectivity index (χ0n) is 11.9. The summed E-state index contributed by atoms with van der Waals surface area (Å²) in [4.78, 5) is 0. The molecule has 0 saturated heterocycles. The first-order valence-electron chi connectivity index (χ1n) is 7.45. The van der Waals surface area contributed by atoms with E-state index in [1.807, 2.05) is 24.3 Å². The van der Waals surface area contributed by atoms with Gasteiger partial charge in [-0.15, -0.1) is 0 Å². The molecule has 2 N–H and O–H groups in total. The molecular formula is C18H20ClNO. The van der Waals surface area contributed by atoms with Gasteiger partial charge >= 0.3 is 0 Å². The van der Waals surface area contributed by atoms with E-state index in [1.54, 1.807) is 0 Å². The molecule has 0 fully saturated rings. The Morgan fingerprint density at radius 1 is 1.14 bits per heavy atom. The van der Waals surface area contributed by atoms with Crippen molar-refractivity contribution in [3.05, 3.63) is 70.2 Å². The van der Waals surface area contributed by atoms with Crippen molar-refractivity contribution in [2.45, 2.75) is 31.3 Å². The van der Waals surface area contributed by atoms with E-state index < -0.39 is 0 Å². The summed E-state index contributed by atoms with van der Waals surface area (Å²) in [6.45, 7) is 0.140. The fraction of sp³-hybridized carbons (Fsp3) is 0.333. The zero-order chi connectivity index (χ0) is 14.7. The average molecular weight is 302 g/mol. The fourth-order valence-corrected chi connectivity index (χ4v) is 3.22. The third-order valence-corrected chi connectivity index (χ3v) is 4.44. The van der Waals surface area contributed by atoms with Crippen molar-refractivity contribution in [2.75, 3.05) is 6.61 Å². The largest absolute Gasteiger partial charge is 0.395 e. The van der Waals surface area contributed by atoms with E-state index in [4.69, 9.17) is 11.6 Å². The number of nitrogens with one attached hydrogen (secondary N) is 1. The highest BCUT2D eigenvalue weighted by Gasteiger charge is 2.24. The minimum absolute atomic E-state index is 0.0716. The van der Waals surface area contributed by atoms with Crippen LogP contribution in [0.4, 0.5) is 0 Å². The molecular weight excluding hydrogens is 282 g/mol. The number of hydrogen-bond acceptors (Lipinski definition) is 2. The maximum atomic E-state index is 9.66. The number of halogens is 1. The quantitative estimate of drug-likeness (QED) is 0.885. The summed E-state index contributed by atoms with van der Waals surface area (Å²) in [6.07, 6.45) is 3.04. The molecule has 0 radical (unpaired) electrons. The summed E-state index contributed by atoms with van der Waals surface area (Å²) in [5, 5.41) is 14.0. The third kappa shape index (κ3) is 3.46. The summed E-state index contributed by atoms with van der Waals surface area (Å²) in [5.74, 6) is 0. The number of hydrogen-bond donors (Lipinski definition) is 2. The second-order valence-electron chi connectivity index (χ2n) is 5.67. The smallest absolute Gasteiger partial charge is 0.0588 e. The Balaban J connectivity index is 1.67. The van der Waals surface area contributed by atoms with Crippen molar-refractivity contribution >= 4 is 11.6 Å². The lowest BCUT2D eigenvalue weighted by atomic mass is 10.0. The van der Waals surface area contributed by atoms with Crippen LogP contribution in [-0.4, -0.2) is 17.8 Å². The summed E-state index contributed by atoms with van der Waals surface area (Å²) in [6, 6.07) is 16.8. The molecule has 0 bridgehead atoms. The summed E-state index contributed by atoms with van der Waals surface area (Å²) >= 11 is 5.91. The van der Waals surface area contributed by atoms with Gasteiger partial charge in [0.25, 0.3) is 0 Å². The van der Waals surface area contributed by atoms with Gasteiger partial charge in [0.1, 0.15) is 0 Å². The highest BCUT2D eigenvalue weighted by molar-refractivity contribution is 6.30. The van der Waals surface area contributed by atoms with Crippen molar-refractivity contribution in [2.24, 2.45) is 0 Å². The maximum Gasteiger partial charge on any atom is 0.0588 e. The van der Waals surface area contributed by atoms with E-state index in [-0.39, 0.29) is 12.6 Å². The second kappa shape index (κ2) is 6.61. The molecule has 0 aliphatic heterocycles. The molecule has 0 spiro atoms. The number of aliphatic hydroxyl groups is 1. The first-order valence-corrected chi connectivity index (χ1v) is 7.83. The van der Waals surface area contributed by atoms with Gasteiger partial charge in [0.15, 0.2) is 0 Å². The van der Waals surface area contributed by atoms with Crippen molar-refractivity contribution in [3.63, 3.8) is 0 Å². The lowest BCUT2D eigenvalue weighted by Crippen LogP contribution is -2.36. The predicted molar refractivity (Wildman–Crippen MR) is 86.7 cm³/mol. The van der Waals surface area contributed by atoms with Crippen molar-refractivity contribution in [1.82, 2.24) is 5.32 Å². The van der Waals surface area contributed by atoms with E-state index >= 15 is 0 Å². The summed E-state index contributed by atoms with van der Waals surface area (Å²) in [7, 11) is 0. The molecule has 2 unspecified atom stereocenters. The molecule has 0 aromatic heterocycles. The lowest BCUT2D eigenvalue weighted by Gasteiger charge is -2.22. The van der Waals surface area contributed by atoms with Gasteiger partial charge in [-0.2, -0.15) is 0 Å². The van der Waals surface area contributed by atoms with Crippen LogP contribution in [0.25, 0.3) is 0 Å². The van der Waals surface area contributed by atoms with Crippen LogP contribution in [0.3, 0.4) is 0 Å². The Kier molecular flexibility index (Phi) is 4.59. The molecule has 2 aromatic carbocycles. The van der Waals surface area contributed by atoms with Crippen LogP contribution in [0.15, 0.2) is 48.5 Å². The van der Waals surface area contributed by atoms with Crippen LogP contribution < -0.4 is 5.32 Å². The summed E-state index contributed by atoms with van der Waals surface area (Å²) < 4.78 is 0. The molecule has 2 nitrogen and oxygen atoms in total. The molecule has 2 aromatic rings. The molecule has 3 rings (SSSR count). The molecule has 3 heteroatoms. The molecule has 21 heavy (non-hydrogen) atoms. The molecule has 110 valence electrons. The highest BCUT2D eigenvalue weighted by Crippen LogP contribution is 2.31. The highest BCUT2D eigenvalue weighted by atomic mass is 35.5. The SMILES string of the molecule is OCC(Cc1ccc(Cl)cc1)NC1CCc2ccccc21. The molecule has 0 saturated carbocycles. The van der Waals surface area contributed by atoms with Gasteiger partial charge in [0.2, 0.25) is 0 Å². The fourth-order valence-electron chi connectivity index (χ4n) is 3.10. The Hall–Kier alpha value is -1.35. The van der Waals surface area contributed by atoms with Crippen LogP contribution >= 0.6 is 11.6 Å². The van der Waals surface area contributed by atoms with Crippen LogP contribution in [0.1, 0.15) is 29.2 Å². The van der Waals surface area contributed by atoms with Crippen LogP contribution in [-0.2, 0) is 12.8 Å². The van der Waals surface area contributed by atoms with Crippen LogP contribution in [0, 0.1) is 0 Å². The van der Waals surface area contributed by atoms with Gasteiger partial charge in [-0.25, -0.2) is 0 Å². The minimum Gasteiger partial charge on any atom is -0.395 e. The Morgan fingerprint density at radius 2 is 1.90 bits per heavy atom.